The van der Waals surface area contributed by atoms with E-state index >= 15 is 0 Å². The monoisotopic (exact) mass is 526 g/mol. The maximum Gasteiger partial charge on any atom is 0.277 e. The Morgan fingerprint density at radius 1 is 0.686 bits per heavy atom. The van der Waals surface area contributed by atoms with Crippen LogP contribution in [0.5, 0.6) is 23.0 Å². The van der Waals surface area contributed by atoms with Crippen LogP contribution in [0.25, 0.3) is 0 Å². The van der Waals surface area contributed by atoms with Crippen LogP contribution < -0.4 is 18.9 Å². The molecule has 12 heteroatoms. The van der Waals surface area contributed by atoms with Crippen molar-refractivity contribution in [3.63, 3.8) is 0 Å². The normalized spacial score (nSPS) is 13.0. The van der Waals surface area contributed by atoms with Gasteiger partial charge in [-0.15, -0.1) is 23.5 Å². The Kier molecular flexibility index (Phi) is 9.50. The SMILES string of the molecule is COc1cc(C(C)SC(C)(C)SC(C)c2cc(OC)c(OC)cc2[N+](=O)[O-])c([N+](=O)[O-])cc1OC. The lowest BCUT2D eigenvalue weighted by Crippen LogP contribution is -2.14. The van der Waals surface area contributed by atoms with Crippen LogP contribution in [-0.2, 0) is 0 Å². The minimum atomic E-state index is -0.471. The molecule has 2 aromatic carbocycles. The van der Waals surface area contributed by atoms with Crippen LogP contribution in [0, 0.1) is 20.2 Å². The van der Waals surface area contributed by atoms with Gasteiger partial charge in [0.1, 0.15) is 0 Å². The van der Waals surface area contributed by atoms with Crippen molar-refractivity contribution in [3.05, 3.63) is 55.6 Å². The maximum atomic E-state index is 11.7. The molecule has 0 heterocycles. The lowest BCUT2D eigenvalue weighted by atomic mass is 10.1. The van der Waals surface area contributed by atoms with E-state index in [1.807, 2.05) is 27.7 Å². The quantitative estimate of drug-likeness (QED) is 0.170. The molecule has 10 nitrogen and oxygen atoms in total. The van der Waals surface area contributed by atoms with Gasteiger partial charge in [-0.05, 0) is 39.8 Å². The Morgan fingerprint density at radius 3 is 1.23 bits per heavy atom. The van der Waals surface area contributed by atoms with Gasteiger partial charge in [-0.2, -0.15) is 0 Å². The Morgan fingerprint density at radius 2 is 0.971 bits per heavy atom. The lowest BCUT2D eigenvalue weighted by Gasteiger charge is -2.30. The van der Waals surface area contributed by atoms with Gasteiger partial charge >= 0.3 is 0 Å². The van der Waals surface area contributed by atoms with E-state index in [1.165, 1.54) is 64.1 Å². The van der Waals surface area contributed by atoms with Gasteiger partial charge in [0.25, 0.3) is 11.4 Å². The van der Waals surface area contributed by atoms with Crippen molar-refractivity contribution in [1.29, 1.82) is 0 Å². The predicted molar refractivity (Wildman–Crippen MR) is 138 cm³/mol. The molecule has 0 aliphatic carbocycles. The molecule has 2 unspecified atom stereocenters. The second kappa shape index (κ2) is 11.7. The van der Waals surface area contributed by atoms with Crippen molar-refractivity contribution in [2.75, 3.05) is 28.4 Å². The third kappa shape index (κ3) is 6.63. The van der Waals surface area contributed by atoms with Crippen molar-refractivity contribution in [1.82, 2.24) is 0 Å². The zero-order valence-electron chi connectivity index (χ0n) is 20.9. The van der Waals surface area contributed by atoms with Crippen LogP contribution in [0.3, 0.4) is 0 Å². The van der Waals surface area contributed by atoms with Gasteiger partial charge in [-0.25, -0.2) is 0 Å². The Balaban J connectivity index is 2.37. The molecular formula is C23H30N2O8S2. The molecule has 0 saturated heterocycles. The second-order valence-corrected chi connectivity index (χ2v) is 12.2. The molecule has 0 radical (unpaired) electrons. The van der Waals surface area contributed by atoms with Gasteiger partial charge in [0, 0.05) is 21.6 Å². The molecule has 2 aromatic rings. The topological polar surface area (TPSA) is 123 Å². The average molecular weight is 527 g/mol. The van der Waals surface area contributed by atoms with Crippen molar-refractivity contribution in [2.45, 2.75) is 42.3 Å². The fourth-order valence-corrected chi connectivity index (χ4v) is 7.16. The summed E-state index contributed by atoms with van der Waals surface area (Å²) in [7, 11) is 5.80. The molecule has 2 rings (SSSR count). The maximum absolute atomic E-state index is 11.7. The molecule has 0 aromatic heterocycles. The summed E-state index contributed by atoms with van der Waals surface area (Å²) in [5, 5.41) is 22.9. The van der Waals surface area contributed by atoms with Crippen LogP contribution >= 0.6 is 23.5 Å². The summed E-state index contributed by atoms with van der Waals surface area (Å²) < 4.78 is 20.6. The summed E-state index contributed by atoms with van der Waals surface area (Å²) in [4.78, 5) is 22.6. The van der Waals surface area contributed by atoms with Crippen LogP contribution in [0.1, 0.15) is 49.3 Å². The molecule has 0 N–H and O–H groups in total. The number of nitro benzene ring substituents is 2. The minimum Gasteiger partial charge on any atom is -0.493 e. The highest BCUT2D eigenvalue weighted by atomic mass is 32.2. The zero-order valence-corrected chi connectivity index (χ0v) is 22.6. The Labute approximate surface area is 213 Å². The van der Waals surface area contributed by atoms with E-state index in [9.17, 15) is 20.2 Å². The molecule has 0 aliphatic rings. The van der Waals surface area contributed by atoms with Gasteiger partial charge in [0.15, 0.2) is 23.0 Å². The standard InChI is InChI=1S/C23H30N2O8S2/c1-13(15-9-19(30-5)21(32-7)11-17(15)24(26)27)34-23(3,4)35-14(2)16-10-20(31-6)22(33-8)12-18(16)25(28)29/h9-14H,1-8H3. The number of ether oxygens (including phenoxy) is 4. The van der Waals surface area contributed by atoms with Gasteiger partial charge < -0.3 is 18.9 Å². The number of hydrogen-bond donors (Lipinski definition) is 0. The highest BCUT2D eigenvalue weighted by Crippen LogP contribution is 2.53. The number of methoxy groups -OCH3 is 4. The molecule has 0 bridgehead atoms. The first-order chi connectivity index (χ1) is 16.4. The van der Waals surface area contributed by atoms with Crippen LogP contribution in [-0.4, -0.2) is 42.4 Å². The van der Waals surface area contributed by atoms with E-state index in [0.29, 0.717) is 22.6 Å². The third-order valence-corrected chi connectivity index (χ3v) is 8.18. The summed E-state index contributed by atoms with van der Waals surface area (Å²) >= 11 is 3.02. The van der Waals surface area contributed by atoms with E-state index in [2.05, 4.69) is 0 Å². The van der Waals surface area contributed by atoms with Crippen LogP contribution in [0.2, 0.25) is 0 Å². The molecular weight excluding hydrogens is 496 g/mol. The lowest BCUT2D eigenvalue weighted by molar-refractivity contribution is -0.385. The van der Waals surface area contributed by atoms with Crippen molar-refractivity contribution in [3.8, 4) is 23.0 Å². The molecule has 0 saturated carbocycles. The summed E-state index contributed by atoms with van der Waals surface area (Å²) in [5.41, 5.74) is 0.867. The first-order valence-electron chi connectivity index (χ1n) is 10.5. The van der Waals surface area contributed by atoms with Gasteiger partial charge in [0.05, 0.1) is 54.5 Å². The smallest absolute Gasteiger partial charge is 0.277 e. The molecule has 0 spiro atoms. The predicted octanol–water partition coefficient (Wildman–Crippen LogP) is 6.56. The fraction of sp³-hybridized carbons (Fsp3) is 0.478. The third-order valence-electron chi connectivity index (χ3n) is 5.26. The summed E-state index contributed by atoms with van der Waals surface area (Å²) in [6.07, 6.45) is 0. The first-order valence-corrected chi connectivity index (χ1v) is 12.3. The van der Waals surface area contributed by atoms with E-state index in [1.54, 1.807) is 12.1 Å². The molecule has 35 heavy (non-hydrogen) atoms. The highest BCUT2D eigenvalue weighted by Gasteiger charge is 2.33. The highest BCUT2D eigenvalue weighted by molar-refractivity contribution is 8.18. The number of rotatable bonds is 12. The molecule has 0 aliphatic heterocycles. The largest absolute Gasteiger partial charge is 0.493 e. The first kappa shape index (κ1) is 28.4. The summed E-state index contributed by atoms with van der Waals surface area (Å²) in [5.74, 6) is 1.37. The second-order valence-electron chi connectivity index (χ2n) is 7.97. The van der Waals surface area contributed by atoms with Crippen molar-refractivity contribution in [2.24, 2.45) is 0 Å². The summed E-state index contributed by atoms with van der Waals surface area (Å²) in [6, 6.07) is 5.97. The average Bonchev–Trinajstić information content (AvgIpc) is 2.81. The number of thioether (sulfide) groups is 2. The summed E-state index contributed by atoms with van der Waals surface area (Å²) in [6.45, 7) is 7.72. The number of nitro groups is 2. The van der Waals surface area contributed by atoms with E-state index in [0.717, 1.165) is 0 Å². The van der Waals surface area contributed by atoms with Gasteiger partial charge in [-0.3, -0.25) is 20.2 Å². The number of benzene rings is 2. The van der Waals surface area contributed by atoms with Crippen molar-refractivity contribution >= 4 is 34.9 Å². The Bertz CT molecular complexity index is 1010. The number of nitrogens with zero attached hydrogens (tertiary/aromatic N) is 2. The molecule has 2 atom stereocenters. The molecule has 192 valence electrons. The van der Waals surface area contributed by atoms with Crippen LogP contribution in [0.15, 0.2) is 24.3 Å². The van der Waals surface area contributed by atoms with Gasteiger partial charge in [-0.1, -0.05) is 0 Å². The number of hydrogen-bond acceptors (Lipinski definition) is 10. The van der Waals surface area contributed by atoms with E-state index in [-0.39, 0.29) is 33.4 Å². The molecule has 0 amide bonds. The van der Waals surface area contributed by atoms with Crippen LogP contribution in [0.4, 0.5) is 11.4 Å². The zero-order chi connectivity index (χ0) is 26.5. The van der Waals surface area contributed by atoms with E-state index in [4.69, 9.17) is 18.9 Å². The Hall–Kier alpha value is -2.86. The minimum absolute atomic E-state index is 0.0629. The fourth-order valence-electron chi connectivity index (χ4n) is 3.74. The van der Waals surface area contributed by atoms with Gasteiger partial charge in [0.2, 0.25) is 0 Å². The van der Waals surface area contributed by atoms with Crippen molar-refractivity contribution < 1.29 is 28.8 Å². The van der Waals surface area contributed by atoms with E-state index < -0.39 is 13.9 Å². The molecule has 0 fully saturated rings.